The Morgan fingerprint density at radius 2 is 2.36 bits per heavy atom. The molecule has 0 saturated heterocycles. The summed E-state index contributed by atoms with van der Waals surface area (Å²) in [4.78, 5) is 4.01. The number of pyridine rings is 1. The van der Waals surface area contributed by atoms with Crippen molar-refractivity contribution in [2.75, 3.05) is 0 Å². The Kier molecular flexibility index (Phi) is 2.44. The van der Waals surface area contributed by atoms with Gasteiger partial charge in [-0.05, 0) is 23.6 Å². The molecule has 0 bridgehead atoms. The van der Waals surface area contributed by atoms with Gasteiger partial charge in [0, 0.05) is 6.20 Å². The van der Waals surface area contributed by atoms with Crippen LogP contribution in [0.15, 0.2) is 30.6 Å². The van der Waals surface area contributed by atoms with Gasteiger partial charge >= 0.3 is 0 Å². The van der Waals surface area contributed by atoms with Crippen molar-refractivity contribution in [1.82, 2.24) is 4.98 Å². The standard InChI is InChI=1S/C9H10N2/c1-8-9(4-2-6-10)5-3-7-11-8/h2-7H,1,10H2/b6-2-,9-4-. The molecule has 0 aromatic carbocycles. The van der Waals surface area contributed by atoms with Gasteiger partial charge < -0.3 is 5.73 Å². The van der Waals surface area contributed by atoms with Crippen LogP contribution in [-0.2, 0) is 0 Å². The number of allylic oxidation sites excluding steroid dienone is 1. The molecule has 0 aliphatic carbocycles. The molecule has 2 nitrogen and oxygen atoms in total. The second kappa shape index (κ2) is 3.56. The zero-order valence-corrected chi connectivity index (χ0v) is 6.20. The average molecular weight is 146 g/mol. The summed E-state index contributed by atoms with van der Waals surface area (Å²) in [5, 5.41) is 1.76. The molecule has 0 unspecified atom stereocenters. The molecule has 1 aromatic heterocycles. The topological polar surface area (TPSA) is 38.9 Å². The van der Waals surface area contributed by atoms with Crippen LogP contribution < -0.4 is 16.3 Å². The second-order valence-electron chi connectivity index (χ2n) is 2.09. The van der Waals surface area contributed by atoms with Crippen LogP contribution in [0.4, 0.5) is 0 Å². The Bertz CT molecular complexity index is 352. The number of aromatic nitrogens is 1. The first-order chi connectivity index (χ1) is 5.34. The highest BCUT2D eigenvalue weighted by atomic mass is 14.6. The zero-order valence-electron chi connectivity index (χ0n) is 6.20. The summed E-state index contributed by atoms with van der Waals surface area (Å²) in [6.07, 6.45) is 6.82. The largest absolute Gasteiger partial charge is 0.405 e. The Hall–Kier alpha value is -1.57. The Morgan fingerprint density at radius 1 is 1.55 bits per heavy atom. The lowest BCUT2D eigenvalue weighted by Gasteiger charge is -1.83. The lowest BCUT2D eigenvalue weighted by molar-refractivity contribution is 1.23. The number of nitrogens with zero attached hydrogens (tertiary/aromatic N) is 1. The van der Waals surface area contributed by atoms with Gasteiger partial charge in [0.1, 0.15) is 0 Å². The van der Waals surface area contributed by atoms with Gasteiger partial charge in [0.25, 0.3) is 0 Å². The fourth-order valence-electron chi connectivity index (χ4n) is 0.761. The van der Waals surface area contributed by atoms with E-state index in [1.54, 1.807) is 12.3 Å². The van der Waals surface area contributed by atoms with E-state index in [1.165, 1.54) is 6.20 Å². The van der Waals surface area contributed by atoms with Gasteiger partial charge in [-0.3, -0.25) is 4.98 Å². The third kappa shape index (κ3) is 1.93. The molecule has 0 aliphatic heterocycles. The molecule has 1 heterocycles. The highest BCUT2D eigenvalue weighted by Gasteiger charge is 1.77. The van der Waals surface area contributed by atoms with Gasteiger partial charge in [0.05, 0.1) is 5.35 Å². The van der Waals surface area contributed by atoms with E-state index in [0.717, 1.165) is 10.6 Å². The van der Waals surface area contributed by atoms with Gasteiger partial charge in [-0.1, -0.05) is 18.7 Å². The molecule has 0 atom stereocenters. The first-order valence-corrected chi connectivity index (χ1v) is 3.33. The van der Waals surface area contributed by atoms with Crippen LogP contribution in [0.2, 0.25) is 0 Å². The lowest BCUT2D eigenvalue weighted by atomic mass is 10.3. The van der Waals surface area contributed by atoms with E-state index < -0.39 is 0 Å². The maximum Gasteiger partial charge on any atom is 0.0630 e. The molecule has 2 heteroatoms. The van der Waals surface area contributed by atoms with E-state index in [0.29, 0.717) is 0 Å². The van der Waals surface area contributed by atoms with Crippen molar-refractivity contribution in [2.45, 2.75) is 0 Å². The van der Waals surface area contributed by atoms with E-state index in [1.807, 2.05) is 18.2 Å². The Labute approximate surface area is 65.4 Å². The van der Waals surface area contributed by atoms with Crippen LogP contribution >= 0.6 is 0 Å². The first kappa shape index (κ1) is 7.54. The highest BCUT2D eigenvalue weighted by molar-refractivity contribution is 5.35. The molecule has 11 heavy (non-hydrogen) atoms. The second-order valence-corrected chi connectivity index (χ2v) is 2.09. The van der Waals surface area contributed by atoms with Crippen LogP contribution in [0.3, 0.4) is 0 Å². The maximum absolute atomic E-state index is 5.17. The van der Waals surface area contributed by atoms with Gasteiger partial charge in [-0.15, -0.1) is 0 Å². The maximum atomic E-state index is 5.17. The van der Waals surface area contributed by atoms with Crippen LogP contribution in [0.25, 0.3) is 12.7 Å². The molecular formula is C9H10N2. The van der Waals surface area contributed by atoms with Crippen molar-refractivity contribution in [1.29, 1.82) is 0 Å². The minimum Gasteiger partial charge on any atom is -0.405 e. The van der Waals surface area contributed by atoms with Crippen molar-refractivity contribution in [3.05, 3.63) is 41.2 Å². The summed E-state index contributed by atoms with van der Waals surface area (Å²) in [6, 6.07) is 3.81. The lowest BCUT2D eigenvalue weighted by Crippen LogP contribution is -2.25. The fraction of sp³-hybridized carbons (Fsp3) is 0. The normalized spacial score (nSPS) is 12.5. The van der Waals surface area contributed by atoms with E-state index in [-0.39, 0.29) is 0 Å². The molecule has 1 rings (SSSR count). The van der Waals surface area contributed by atoms with Crippen LogP contribution in [0, 0.1) is 0 Å². The van der Waals surface area contributed by atoms with E-state index in [4.69, 9.17) is 5.73 Å². The summed E-state index contributed by atoms with van der Waals surface area (Å²) in [5.74, 6) is 0. The molecule has 2 N–H and O–H groups in total. The predicted molar refractivity (Wildman–Crippen MR) is 46.8 cm³/mol. The van der Waals surface area contributed by atoms with Crippen LogP contribution in [0.5, 0.6) is 0 Å². The summed E-state index contributed by atoms with van der Waals surface area (Å²) < 4.78 is 0. The average Bonchev–Trinajstić information content (AvgIpc) is 2.03. The van der Waals surface area contributed by atoms with Crippen molar-refractivity contribution in [3.63, 3.8) is 0 Å². The number of hydrogen-bond donors (Lipinski definition) is 1. The first-order valence-electron chi connectivity index (χ1n) is 3.33. The molecule has 0 spiro atoms. The molecule has 1 aromatic rings. The number of nitrogens with two attached hydrogens (primary N) is 1. The smallest absolute Gasteiger partial charge is 0.0630 e. The summed E-state index contributed by atoms with van der Waals surface area (Å²) in [5.41, 5.74) is 5.17. The van der Waals surface area contributed by atoms with E-state index in [9.17, 15) is 0 Å². The minimum atomic E-state index is 0.769. The molecular weight excluding hydrogens is 136 g/mol. The quantitative estimate of drug-likeness (QED) is 0.593. The van der Waals surface area contributed by atoms with Gasteiger partial charge in [0.15, 0.2) is 0 Å². The van der Waals surface area contributed by atoms with E-state index >= 15 is 0 Å². The van der Waals surface area contributed by atoms with Crippen molar-refractivity contribution < 1.29 is 0 Å². The number of rotatable bonds is 1. The predicted octanol–water partition coefficient (Wildman–Crippen LogP) is -0.255. The van der Waals surface area contributed by atoms with Crippen molar-refractivity contribution in [2.24, 2.45) is 5.73 Å². The minimum absolute atomic E-state index is 0.769. The third-order valence-electron chi connectivity index (χ3n) is 1.31. The molecule has 0 radical (unpaired) electrons. The Morgan fingerprint density at radius 3 is 3.00 bits per heavy atom. The highest BCUT2D eigenvalue weighted by Crippen LogP contribution is 1.68. The SMILES string of the molecule is C=c1nccc/c1=C/C=C\N. The summed E-state index contributed by atoms with van der Waals surface area (Å²) in [6.45, 7) is 3.76. The zero-order chi connectivity index (χ0) is 8.10. The van der Waals surface area contributed by atoms with Gasteiger partial charge in [0.2, 0.25) is 0 Å². The third-order valence-corrected chi connectivity index (χ3v) is 1.31. The molecule has 0 saturated carbocycles. The molecule has 0 fully saturated rings. The number of hydrogen-bond acceptors (Lipinski definition) is 2. The van der Waals surface area contributed by atoms with Crippen LogP contribution in [-0.4, -0.2) is 4.98 Å². The van der Waals surface area contributed by atoms with E-state index in [2.05, 4.69) is 11.6 Å². The van der Waals surface area contributed by atoms with Crippen molar-refractivity contribution >= 4 is 12.7 Å². The van der Waals surface area contributed by atoms with Crippen LogP contribution in [0.1, 0.15) is 0 Å². The molecule has 0 aliphatic rings. The Balaban J connectivity index is 3.24. The summed E-state index contributed by atoms with van der Waals surface area (Å²) in [7, 11) is 0. The van der Waals surface area contributed by atoms with Crippen molar-refractivity contribution in [3.8, 4) is 0 Å². The molecule has 56 valence electrons. The van der Waals surface area contributed by atoms with Gasteiger partial charge in [-0.25, -0.2) is 0 Å². The summed E-state index contributed by atoms with van der Waals surface area (Å²) >= 11 is 0. The molecule has 0 amide bonds. The van der Waals surface area contributed by atoms with Gasteiger partial charge in [-0.2, -0.15) is 0 Å². The monoisotopic (exact) mass is 146 g/mol. The fourth-order valence-corrected chi connectivity index (χ4v) is 0.761.